The van der Waals surface area contributed by atoms with Crippen molar-refractivity contribution in [1.29, 1.82) is 0 Å². The average molecular weight is 402 g/mol. The van der Waals surface area contributed by atoms with Gasteiger partial charge in [-0.2, -0.15) is 0 Å². The minimum absolute atomic E-state index is 0.00680. The van der Waals surface area contributed by atoms with Crippen molar-refractivity contribution in [2.75, 3.05) is 18.9 Å². The standard InChI is InChI=1S/C12H15BrClFN2O3S/c13-9-7(14)5-8(10(15)11(9)16)21(19,20)17-6-12(1-2-12)3-4-18/h5,17-18H,1-4,6,16H2. The van der Waals surface area contributed by atoms with Gasteiger partial charge in [-0.05, 0) is 46.7 Å². The monoisotopic (exact) mass is 400 g/mol. The van der Waals surface area contributed by atoms with Gasteiger partial charge in [-0.3, -0.25) is 0 Å². The summed E-state index contributed by atoms with van der Waals surface area (Å²) in [5.74, 6) is -1.04. The molecular formula is C12H15BrClFN2O3S. The zero-order chi connectivity index (χ0) is 15.8. The minimum atomic E-state index is -4.06. The lowest BCUT2D eigenvalue weighted by Gasteiger charge is -2.16. The molecule has 9 heteroatoms. The maximum Gasteiger partial charge on any atom is 0.243 e. The Kier molecular flexibility index (Phi) is 4.84. The number of aliphatic hydroxyl groups is 1. The zero-order valence-electron chi connectivity index (χ0n) is 11.0. The third kappa shape index (κ3) is 3.50. The summed E-state index contributed by atoms with van der Waals surface area (Å²) < 4.78 is 41.0. The van der Waals surface area contributed by atoms with Gasteiger partial charge in [0.25, 0.3) is 0 Å². The van der Waals surface area contributed by atoms with Crippen LogP contribution in [0.2, 0.25) is 5.02 Å². The fourth-order valence-electron chi connectivity index (χ4n) is 2.05. The number of hydrogen-bond acceptors (Lipinski definition) is 4. The maximum atomic E-state index is 14.0. The molecule has 0 aliphatic heterocycles. The summed E-state index contributed by atoms with van der Waals surface area (Å²) in [4.78, 5) is -0.576. The van der Waals surface area contributed by atoms with E-state index in [2.05, 4.69) is 20.7 Å². The van der Waals surface area contributed by atoms with Crippen LogP contribution in [0.25, 0.3) is 0 Å². The Morgan fingerprint density at radius 1 is 1.52 bits per heavy atom. The molecule has 1 aliphatic carbocycles. The van der Waals surface area contributed by atoms with Gasteiger partial charge in [-0.15, -0.1) is 0 Å². The number of nitrogen functional groups attached to an aromatic ring is 1. The van der Waals surface area contributed by atoms with Crippen LogP contribution in [0, 0.1) is 11.2 Å². The van der Waals surface area contributed by atoms with E-state index in [1.807, 2.05) is 0 Å². The van der Waals surface area contributed by atoms with Gasteiger partial charge in [-0.25, -0.2) is 17.5 Å². The van der Waals surface area contributed by atoms with Crippen LogP contribution in [-0.4, -0.2) is 26.7 Å². The third-order valence-electron chi connectivity index (χ3n) is 3.68. The summed E-state index contributed by atoms with van der Waals surface area (Å²) in [5, 5.41) is 8.98. The van der Waals surface area contributed by atoms with Crippen LogP contribution in [0.15, 0.2) is 15.4 Å². The molecule has 0 aromatic heterocycles. The van der Waals surface area contributed by atoms with E-state index in [-0.39, 0.29) is 33.7 Å². The summed E-state index contributed by atoms with van der Waals surface area (Å²) in [6, 6.07) is 1.02. The molecule has 1 aromatic rings. The highest BCUT2D eigenvalue weighted by Crippen LogP contribution is 2.48. The molecule has 21 heavy (non-hydrogen) atoms. The lowest BCUT2D eigenvalue weighted by molar-refractivity contribution is 0.249. The second-order valence-corrected chi connectivity index (χ2v) is 8.13. The molecule has 118 valence electrons. The van der Waals surface area contributed by atoms with Gasteiger partial charge in [-0.1, -0.05) is 11.6 Å². The molecule has 0 bridgehead atoms. The first-order valence-electron chi connectivity index (χ1n) is 6.26. The predicted octanol–water partition coefficient (Wildman–Crippen LogP) is 2.26. The van der Waals surface area contributed by atoms with E-state index in [1.54, 1.807) is 0 Å². The van der Waals surface area contributed by atoms with Crippen LogP contribution in [0.1, 0.15) is 19.3 Å². The molecule has 0 atom stereocenters. The fourth-order valence-corrected chi connectivity index (χ4v) is 3.88. The van der Waals surface area contributed by atoms with Crippen molar-refractivity contribution >= 4 is 43.2 Å². The van der Waals surface area contributed by atoms with Gasteiger partial charge in [0.2, 0.25) is 10.0 Å². The molecule has 1 aromatic carbocycles. The zero-order valence-corrected chi connectivity index (χ0v) is 14.2. The molecule has 0 heterocycles. The molecule has 1 saturated carbocycles. The van der Waals surface area contributed by atoms with Gasteiger partial charge in [0.1, 0.15) is 4.90 Å². The number of anilines is 1. The Bertz CT molecular complexity index is 665. The number of aliphatic hydroxyl groups excluding tert-OH is 1. The summed E-state index contributed by atoms with van der Waals surface area (Å²) >= 11 is 8.82. The van der Waals surface area contributed by atoms with Crippen molar-refractivity contribution < 1.29 is 17.9 Å². The van der Waals surface area contributed by atoms with Gasteiger partial charge in [0.15, 0.2) is 5.82 Å². The highest BCUT2D eigenvalue weighted by atomic mass is 79.9. The largest absolute Gasteiger partial charge is 0.396 e. The highest BCUT2D eigenvalue weighted by molar-refractivity contribution is 9.10. The molecule has 4 N–H and O–H groups in total. The van der Waals surface area contributed by atoms with Crippen LogP contribution >= 0.6 is 27.5 Å². The van der Waals surface area contributed by atoms with Crippen LogP contribution in [0.5, 0.6) is 0 Å². The van der Waals surface area contributed by atoms with Crippen molar-refractivity contribution in [2.24, 2.45) is 5.41 Å². The van der Waals surface area contributed by atoms with Crippen molar-refractivity contribution in [3.05, 3.63) is 21.4 Å². The van der Waals surface area contributed by atoms with Gasteiger partial charge < -0.3 is 10.8 Å². The number of hydrogen-bond donors (Lipinski definition) is 3. The first-order chi connectivity index (χ1) is 9.72. The smallest absolute Gasteiger partial charge is 0.243 e. The van der Waals surface area contributed by atoms with Crippen LogP contribution in [-0.2, 0) is 10.0 Å². The predicted molar refractivity (Wildman–Crippen MR) is 82.1 cm³/mol. The summed E-state index contributed by atoms with van der Waals surface area (Å²) in [6.45, 7) is 0.149. The summed E-state index contributed by atoms with van der Waals surface area (Å²) in [5.41, 5.74) is 4.92. The topological polar surface area (TPSA) is 92.4 Å². The number of benzene rings is 1. The van der Waals surface area contributed by atoms with Crippen molar-refractivity contribution in [1.82, 2.24) is 4.72 Å². The van der Waals surface area contributed by atoms with E-state index >= 15 is 0 Å². The molecule has 0 unspecified atom stereocenters. The molecule has 2 rings (SSSR count). The lowest BCUT2D eigenvalue weighted by atomic mass is 10.0. The van der Waals surface area contributed by atoms with Gasteiger partial charge >= 0.3 is 0 Å². The molecule has 0 radical (unpaired) electrons. The van der Waals surface area contributed by atoms with E-state index in [1.165, 1.54) is 0 Å². The van der Waals surface area contributed by atoms with E-state index in [0.717, 1.165) is 18.9 Å². The van der Waals surface area contributed by atoms with Crippen LogP contribution < -0.4 is 10.5 Å². The van der Waals surface area contributed by atoms with Crippen molar-refractivity contribution in [2.45, 2.75) is 24.2 Å². The molecule has 5 nitrogen and oxygen atoms in total. The van der Waals surface area contributed by atoms with E-state index < -0.39 is 20.7 Å². The highest BCUT2D eigenvalue weighted by Gasteiger charge is 2.42. The number of rotatable bonds is 6. The SMILES string of the molecule is Nc1c(F)c(S(=O)(=O)NCC2(CCO)CC2)cc(Cl)c1Br. The first kappa shape index (κ1) is 17.0. The van der Waals surface area contributed by atoms with Crippen molar-refractivity contribution in [3.63, 3.8) is 0 Å². The minimum Gasteiger partial charge on any atom is -0.396 e. The quantitative estimate of drug-likeness (QED) is 0.503. The lowest BCUT2D eigenvalue weighted by Crippen LogP contribution is -2.31. The van der Waals surface area contributed by atoms with E-state index in [9.17, 15) is 12.8 Å². The first-order valence-corrected chi connectivity index (χ1v) is 8.91. The number of sulfonamides is 1. The Labute approximate surface area is 135 Å². The normalized spacial score (nSPS) is 17.0. The Hall–Kier alpha value is -0.410. The molecule has 1 aliphatic rings. The number of halogens is 3. The Morgan fingerprint density at radius 2 is 2.14 bits per heavy atom. The molecule has 1 fully saturated rings. The summed E-state index contributed by atoms with van der Waals surface area (Å²) in [6.07, 6.45) is 2.19. The number of nitrogens with two attached hydrogens (primary N) is 1. The van der Waals surface area contributed by atoms with Gasteiger partial charge in [0.05, 0.1) is 15.2 Å². The van der Waals surface area contributed by atoms with E-state index in [4.69, 9.17) is 22.4 Å². The second-order valence-electron chi connectivity index (χ2n) is 5.20. The molecule has 0 spiro atoms. The third-order valence-corrected chi connectivity index (χ3v) is 6.46. The number of nitrogens with one attached hydrogen (secondary N) is 1. The Balaban J connectivity index is 2.24. The van der Waals surface area contributed by atoms with Crippen LogP contribution in [0.3, 0.4) is 0 Å². The summed E-state index contributed by atoms with van der Waals surface area (Å²) in [7, 11) is -4.06. The maximum absolute atomic E-state index is 14.0. The Morgan fingerprint density at radius 3 is 2.67 bits per heavy atom. The second kappa shape index (κ2) is 6.00. The fraction of sp³-hybridized carbons (Fsp3) is 0.500. The molecular weight excluding hydrogens is 387 g/mol. The van der Waals surface area contributed by atoms with Crippen LogP contribution in [0.4, 0.5) is 10.1 Å². The molecule has 0 saturated heterocycles. The average Bonchev–Trinajstić information content (AvgIpc) is 3.19. The van der Waals surface area contributed by atoms with Crippen molar-refractivity contribution in [3.8, 4) is 0 Å². The van der Waals surface area contributed by atoms with Gasteiger partial charge in [0, 0.05) is 13.2 Å². The molecule has 0 amide bonds. The van der Waals surface area contributed by atoms with E-state index in [0.29, 0.717) is 6.42 Å².